The summed E-state index contributed by atoms with van der Waals surface area (Å²) in [5, 5.41) is 7.51. The number of thiophene rings is 1. The highest BCUT2D eigenvalue weighted by molar-refractivity contribution is 7.21. The van der Waals surface area contributed by atoms with Crippen LogP contribution in [0.1, 0.15) is 15.4 Å². The Balaban J connectivity index is 1.71. The first-order valence-corrected chi connectivity index (χ1v) is 8.31. The van der Waals surface area contributed by atoms with Crippen LogP contribution in [0.25, 0.3) is 10.1 Å². The molecule has 0 aliphatic carbocycles. The maximum absolute atomic E-state index is 12.6. The molecule has 0 atom stereocenters. The number of benzene rings is 1. The lowest BCUT2D eigenvalue weighted by Gasteiger charge is -2.15. The lowest BCUT2D eigenvalue weighted by Crippen LogP contribution is -2.34. The van der Waals surface area contributed by atoms with Gasteiger partial charge in [-0.1, -0.05) is 35.0 Å². The summed E-state index contributed by atoms with van der Waals surface area (Å²) in [7, 11) is 1.55. The number of fused-ring (bicyclic) bond motifs is 1. The van der Waals surface area contributed by atoms with Crippen LogP contribution in [0.2, 0.25) is 5.02 Å². The molecule has 0 saturated carbocycles. The second-order valence-electron chi connectivity index (χ2n) is 5.27. The molecule has 2 amide bonds. The molecule has 0 aliphatic rings. The number of nitrogens with one attached hydrogen (secondary N) is 1. The number of hydrogen-bond donors (Lipinski definition) is 1. The molecule has 0 unspecified atom stereocenters. The first-order chi connectivity index (χ1) is 11.5. The van der Waals surface area contributed by atoms with Crippen LogP contribution in [-0.2, 0) is 4.79 Å². The number of carbonyl (C=O) groups is 2. The van der Waals surface area contributed by atoms with E-state index >= 15 is 0 Å². The molecule has 0 fully saturated rings. The van der Waals surface area contributed by atoms with Crippen LogP contribution in [0, 0.1) is 6.92 Å². The lowest BCUT2D eigenvalue weighted by atomic mass is 10.2. The molecule has 2 aromatic heterocycles. The number of carbonyl (C=O) groups excluding carboxylic acids is 2. The van der Waals surface area contributed by atoms with Gasteiger partial charge in [-0.25, -0.2) is 0 Å². The van der Waals surface area contributed by atoms with Crippen molar-refractivity contribution in [3.05, 3.63) is 46.0 Å². The monoisotopic (exact) mass is 363 g/mol. The van der Waals surface area contributed by atoms with Crippen LogP contribution < -0.4 is 5.32 Å². The Hall–Kier alpha value is -2.38. The molecule has 24 heavy (non-hydrogen) atoms. The number of hydrogen-bond acceptors (Lipinski definition) is 5. The van der Waals surface area contributed by atoms with Crippen LogP contribution in [0.4, 0.5) is 5.82 Å². The van der Waals surface area contributed by atoms with Gasteiger partial charge in [0.05, 0.1) is 11.6 Å². The highest BCUT2D eigenvalue weighted by atomic mass is 35.5. The number of likely N-dealkylation sites (N-methyl/N-ethyl adjacent to an activating group) is 1. The fourth-order valence-corrected chi connectivity index (χ4v) is 3.73. The smallest absolute Gasteiger partial charge is 0.265 e. The van der Waals surface area contributed by atoms with E-state index < -0.39 is 0 Å². The van der Waals surface area contributed by atoms with Gasteiger partial charge in [0, 0.05) is 23.2 Å². The summed E-state index contributed by atoms with van der Waals surface area (Å²) in [5.41, 5.74) is 0. The fourth-order valence-electron chi connectivity index (χ4n) is 2.22. The summed E-state index contributed by atoms with van der Waals surface area (Å²) < 4.78 is 5.81. The van der Waals surface area contributed by atoms with Gasteiger partial charge in [0.25, 0.3) is 5.91 Å². The highest BCUT2D eigenvalue weighted by Gasteiger charge is 2.22. The van der Waals surface area contributed by atoms with Gasteiger partial charge < -0.3 is 14.7 Å². The minimum atomic E-state index is -0.364. The number of aryl methyl sites for hydroxylation is 1. The second-order valence-corrected chi connectivity index (χ2v) is 6.70. The standard InChI is InChI=1S/C16H14ClN3O3S/c1-9-7-12(19-23-9)18-13(21)8-20(2)16(22)15-14(17)10-5-3-4-6-11(10)24-15/h3-7H,8H2,1-2H3,(H,18,19,21). The Kier molecular flexibility index (Phi) is 4.55. The second kappa shape index (κ2) is 6.62. The summed E-state index contributed by atoms with van der Waals surface area (Å²) in [6.07, 6.45) is 0. The van der Waals surface area contributed by atoms with E-state index in [1.165, 1.54) is 16.2 Å². The van der Waals surface area contributed by atoms with E-state index in [4.69, 9.17) is 16.1 Å². The van der Waals surface area contributed by atoms with Gasteiger partial charge in [-0.2, -0.15) is 0 Å². The van der Waals surface area contributed by atoms with Crippen molar-refractivity contribution in [2.75, 3.05) is 18.9 Å². The molecule has 0 spiro atoms. The third-order valence-electron chi connectivity index (χ3n) is 3.35. The van der Waals surface area contributed by atoms with Crippen molar-refractivity contribution in [1.82, 2.24) is 10.1 Å². The van der Waals surface area contributed by atoms with Crippen LogP contribution in [0.5, 0.6) is 0 Å². The summed E-state index contributed by atoms with van der Waals surface area (Å²) >= 11 is 7.62. The number of halogens is 1. The Morgan fingerprint density at radius 2 is 2.12 bits per heavy atom. The van der Waals surface area contributed by atoms with Crippen LogP contribution in [0.15, 0.2) is 34.9 Å². The average Bonchev–Trinajstić information content (AvgIpc) is 3.10. The third-order valence-corrected chi connectivity index (χ3v) is 5.02. The third kappa shape index (κ3) is 3.27. The number of anilines is 1. The minimum absolute atomic E-state index is 0.116. The average molecular weight is 364 g/mol. The Morgan fingerprint density at radius 1 is 1.38 bits per heavy atom. The summed E-state index contributed by atoms with van der Waals surface area (Å²) in [6, 6.07) is 9.13. The van der Waals surface area contributed by atoms with Gasteiger partial charge in [0.1, 0.15) is 10.6 Å². The summed E-state index contributed by atoms with van der Waals surface area (Å²) in [5.74, 6) is 0.245. The maximum atomic E-state index is 12.6. The molecule has 6 nitrogen and oxygen atoms in total. The molecule has 2 heterocycles. The van der Waals surface area contributed by atoms with Crippen molar-refractivity contribution in [1.29, 1.82) is 0 Å². The molecular formula is C16H14ClN3O3S. The van der Waals surface area contributed by atoms with Gasteiger partial charge in [0.15, 0.2) is 5.82 Å². The van der Waals surface area contributed by atoms with E-state index in [9.17, 15) is 9.59 Å². The molecule has 0 aliphatic heterocycles. The van der Waals surface area contributed by atoms with Crippen molar-refractivity contribution in [3.63, 3.8) is 0 Å². The van der Waals surface area contributed by atoms with Gasteiger partial charge in [-0.15, -0.1) is 11.3 Å². The number of amides is 2. The predicted octanol–water partition coefficient (Wildman–Crippen LogP) is 3.56. The zero-order chi connectivity index (χ0) is 17.3. The van der Waals surface area contributed by atoms with Crippen molar-refractivity contribution in [3.8, 4) is 0 Å². The largest absolute Gasteiger partial charge is 0.360 e. The van der Waals surface area contributed by atoms with Crippen LogP contribution >= 0.6 is 22.9 Å². The van der Waals surface area contributed by atoms with E-state index in [1.807, 2.05) is 24.3 Å². The first kappa shape index (κ1) is 16.5. The molecule has 0 radical (unpaired) electrons. The Labute approximate surface area is 147 Å². The van der Waals surface area contributed by atoms with Crippen molar-refractivity contribution < 1.29 is 14.1 Å². The Bertz CT molecular complexity index is 918. The SMILES string of the molecule is Cc1cc(NC(=O)CN(C)C(=O)c2sc3ccccc3c2Cl)no1. The van der Waals surface area contributed by atoms with Crippen molar-refractivity contribution in [2.24, 2.45) is 0 Å². The van der Waals surface area contributed by atoms with Gasteiger partial charge in [0.2, 0.25) is 5.91 Å². The zero-order valence-electron chi connectivity index (χ0n) is 13.0. The number of nitrogens with zero attached hydrogens (tertiary/aromatic N) is 2. The molecule has 3 aromatic rings. The highest BCUT2D eigenvalue weighted by Crippen LogP contribution is 2.35. The lowest BCUT2D eigenvalue weighted by molar-refractivity contribution is -0.116. The van der Waals surface area contributed by atoms with Crippen molar-refractivity contribution in [2.45, 2.75) is 6.92 Å². The van der Waals surface area contributed by atoms with Gasteiger partial charge in [-0.3, -0.25) is 9.59 Å². The summed E-state index contributed by atoms with van der Waals surface area (Å²) in [4.78, 5) is 26.3. The molecule has 1 N–H and O–H groups in total. The van der Waals surface area contributed by atoms with E-state index in [0.29, 0.717) is 21.5 Å². The van der Waals surface area contributed by atoms with Gasteiger partial charge >= 0.3 is 0 Å². The predicted molar refractivity (Wildman–Crippen MR) is 93.7 cm³/mol. The van der Waals surface area contributed by atoms with Crippen molar-refractivity contribution >= 4 is 50.7 Å². The van der Waals surface area contributed by atoms with E-state index in [2.05, 4.69) is 10.5 Å². The maximum Gasteiger partial charge on any atom is 0.265 e. The molecular weight excluding hydrogens is 350 g/mol. The molecule has 124 valence electrons. The summed E-state index contributed by atoms with van der Waals surface area (Å²) in [6.45, 7) is 1.61. The number of aromatic nitrogens is 1. The Morgan fingerprint density at radius 3 is 2.79 bits per heavy atom. The van der Waals surface area contributed by atoms with Gasteiger partial charge in [-0.05, 0) is 13.0 Å². The van der Waals surface area contributed by atoms with Crippen LogP contribution in [-0.4, -0.2) is 35.5 Å². The van der Waals surface area contributed by atoms with E-state index in [1.54, 1.807) is 20.0 Å². The molecule has 3 rings (SSSR count). The first-order valence-electron chi connectivity index (χ1n) is 7.11. The fraction of sp³-hybridized carbons (Fsp3) is 0.188. The van der Waals surface area contributed by atoms with Crippen LogP contribution in [0.3, 0.4) is 0 Å². The van der Waals surface area contributed by atoms with E-state index in [0.717, 1.165) is 10.1 Å². The minimum Gasteiger partial charge on any atom is -0.360 e. The molecule has 8 heteroatoms. The van der Waals surface area contributed by atoms with E-state index in [-0.39, 0.29) is 18.4 Å². The quantitative estimate of drug-likeness (QED) is 0.769. The number of rotatable bonds is 4. The molecule has 0 saturated heterocycles. The normalized spacial score (nSPS) is 10.8. The molecule has 1 aromatic carbocycles. The topological polar surface area (TPSA) is 75.4 Å². The molecule has 0 bridgehead atoms. The zero-order valence-corrected chi connectivity index (χ0v) is 14.6.